The Morgan fingerprint density at radius 1 is 1.17 bits per heavy atom. The van der Waals surface area contributed by atoms with Crippen LogP contribution in [0.1, 0.15) is 65.2 Å². The first-order valence-electron chi connectivity index (χ1n) is 8.28. The van der Waals surface area contributed by atoms with E-state index in [9.17, 15) is 0 Å². The highest BCUT2D eigenvalue weighted by Gasteiger charge is 2.28. The van der Waals surface area contributed by atoms with Crippen molar-refractivity contribution in [1.82, 2.24) is 10.2 Å². The maximum atomic E-state index is 3.67. The van der Waals surface area contributed by atoms with Crippen LogP contribution >= 0.6 is 0 Å². The molecule has 1 saturated carbocycles. The molecule has 1 aliphatic heterocycles. The molecule has 1 aliphatic carbocycles. The van der Waals surface area contributed by atoms with Crippen molar-refractivity contribution in [1.29, 1.82) is 0 Å². The molecule has 2 aliphatic rings. The monoisotopic (exact) mass is 252 g/mol. The first kappa shape index (κ1) is 14.3. The van der Waals surface area contributed by atoms with Crippen molar-refractivity contribution < 1.29 is 0 Å². The second kappa shape index (κ2) is 7.49. The predicted molar refractivity (Wildman–Crippen MR) is 78.9 cm³/mol. The summed E-state index contributed by atoms with van der Waals surface area (Å²) in [4.78, 5) is 2.79. The Hall–Kier alpha value is -0.0800. The Bertz CT molecular complexity index is 217. The summed E-state index contributed by atoms with van der Waals surface area (Å²) >= 11 is 0. The molecule has 1 heterocycles. The molecule has 106 valence electrons. The second-order valence-electron chi connectivity index (χ2n) is 6.43. The molecule has 1 saturated heterocycles. The molecule has 2 heteroatoms. The highest BCUT2D eigenvalue weighted by atomic mass is 15.2. The topological polar surface area (TPSA) is 15.3 Å². The molecule has 1 N–H and O–H groups in total. The van der Waals surface area contributed by atoms with Crippen LogP contribution in [0.4, 0.5) is 0 Å². The normalized spacial score (nSPS) is 27.2. The Morgan fingerprint density at radius 2 is 1.94 bits per heavy atom. The van der Waals surface area contributed by atoms with E-state index in [0.29, 0.717) is 0 Å². The van der Waals surface area contributed by atoms with Gasteiger partial charge in [0.05, 0.1) is 0 Å². The van der Waals surface area contributed by atoms with Crippen LogP contribution in [-0.2, 0) is 0 Å². The summed E-state index contributed by atoms with van der Waals surface area (Å²) in [6.45, 7) is 8.64. The summed E-state index contributed by atoms with van der Waals surface area (Å²) in [6.07, 6.45) is 11.3. The molecule has 0 aromatic heterocycles. The first-order valence-corrected chi connectivity index (χ1v) is 8.28. The van der Waals surface area contributed by atoms with E-state index in [1.807, 2.05) is 0 Å². The van der Waals surface area contributed by atoms with E-state index in [1.54, 1.807) is 0 Å². The minimum absolute atomic E-state index is 0.769. The van der Waals surface area contributed by atoms with Crippen molar-refractivity contribution in [3.05, 3.63) is 0 Å². The zero-order valence-corrected chi connectivity index (χ0v) is 12.5. The first-order chi connectivity index (χ1) is 8.81. The van der Waals surface area contributed by atoms with Crippen LogP contribution in [0.5, 0.6) is 0 Å². The molecule has 2 atom stereocenters. The van der Waals surface area contributed by atoms with E-state index in [1.165, 1.54) is 71.0 Å². The van der Waals surface area contributed by atoms with Crippen molar-refractivity contribution in [2.24, 2.45) is 5.92 Å². The number of rotatable bonds is 7. The fourth-order valence-electron chi connectivity index (χ4n) is 3.76. The summed E-state index contributed by atoms with van der Waals surface area (Å²) in [5.41, 5.74) is 0. The molecular weight excluding hydrogens is 220 g/mol. The van der Waals surface area contributed by atoms with Gasteiger partial charge in [-0.2, -0.15) is 0 Å². The lowest BCUT2D eigenvalue weighted by Crippen LogP contribution is -2.45. The van der Waals surface area contributed by atoms with Gasteiger partial charge in [0.1, 0.15) is 0 Å². The van der Waals surface area contributed by atoms with E-state index >= 15 is 0 Å². The van der Waals surface area contributed by atoms with Crippen molar-refractivity contribution >= 4 is 0 Å². The molecule has 2 fully saturated rings. The van der Waals surface area contributed by atoms with Gasteiger partial charge in [0.2, 0.25) is 0 Å². The summed E-state index contributed by atoms with van der Waals surface area (Å²) in [5, 5.41) is 3.67. The average molecular weight is 252 g/mol. The number of unbranched alkanes of at least 4 members (excludes halogenated alkanes) is 1. The van der Waals surface area contributed by atoms with Gasteiger partial charge in [-0.15, -0.1) is 0 Å². The standard InChI is InChI=1S/C16H32N2/c1-3-4-12-18(13-16-10-7-11-17-16)14(2)15-8-5-6-9-15/h14-17H,3-13H2,1-2H3. The van der Waals surface area contributed by atoms with Crippen LogP contribution < -0.4 is 5.32 Å². The zero-order chi connectivity index (χ0) is 12.8. The fraction of sp³-hybridized carbons (Fsp3) is 1.00. The van der Waals surface area contributed by atoms with E-state index < -0.39 is 0 Å². The average Bonchev–Trinajstić information content (AvgIpc) is 3.06. The molecule has 2 unspecified atom stereocenters. The van der Waals surface area contributed by atoms with Crippen molar-refractivity contribution in [3.63, 3.8) is 0 Å². The zero-order valence-electron chi connectivity index (χ0n) is 12.5. The van der Waals surface area contributed by atoms with E-state index in [-0.39, 0.29) is 0 Å². The molecule has 0 radical (unpaired) electrons. The molecule has 0 spiro atoms. The van der Waals surface area contributed by atoms with Crippen LogP contribution in [0.3, 0.4) is 0 Å². The molecule has 2 rings (SSSR count). The maximum Gasteiger partial charge on any atom is 0.0195 e. The highest BCUT2D eigenvalue weighted by Crippen LogP contribution is 2.30. The van der Waals surface area contributed by atoms with Crippen LogP contribution in [-0.4, -0.2) is 36.6 Å². The van der Waals surface area contributed by atoms with Crippen molar-refractivity contribution in [2.45, 2.75) is 77.3 Å². The quantitative estimate of drug-likeness (QED) is 0.747. The van der Waals surface area contributed by atoms with Crippen LogP contribution in [0.15, 0.2) is 0 Å². The van der Waals surface area contributed by atoms with E-state index in [0.717, 1.165) is 18.0 Å². The van der Waals surface area contributed by atoms with Gasteiger partial charge in [0.15, 0.2) is 0 Å². The van der Waals surface area contributed by atoms with Gasteiger partial charge >= 0.3 is 0 Å². The van der Waals surface area contributed by atoms with Crippen LogP contribution in [0.2, 0.25) is 0 Å². The SMILES string of the molecule is CCCCN(CC1CCCN1)C(C)C1CCCC1. The van der Waals surface area contributed by atoms with Crippen LogP contribution in [0, 0.1) is 5.92 Å². The molecule has 0 bridgehead atoms. The summed E-state index contributed by atoms with van der Waals surface area (Å²) < 4.78 is 0. The van der Waals surface area contributed by atoms with Gasteiger partial charge < -0.3 is 5.32 Å². The minimum atomic E-state index is 0.769. The summed E-state index contributed by atoms with van der Waals surface area (Å²) in [5.74, 6) is 0.975. The molecule has 18 heavy (non-hydrogen) atoms. The largest absolute Gasteiger partial charge is 0.313 e. The molecule has 0 aromatic carbocycles. The van der Waals surface area contributed by atoms with Gasteiger partial charge in [-0.1, -0.05) is 26.2 Å². The Morgan fingerprint density at radius 3 is 2.56 bits per heavy atom. The van der Waals surface area contributed by atoms with Gasteiger partial charge in [-0.3, -0.25) is 4.90 Å². The molecular formula is C16H32N2. The number of hydrogen-bond donors (Lipinski definition) is 1. The maximum absolute atomic E-state index is 3.67. The second-order valence-corrected chi connectivity index (χ2v) is 6.43. The molecule has 2 nitrogen and oxygen atoms in total. The molecule has 0 amide bonds. The van der Waals surface area contributed by atoms with Gasteiger partial charge in [0, 0.05) is 18.6 Å². The van der Waals surface area contributed by atoms with Gasteiger partial charge in [0.25, 0.3) is 0 Å². The van der Waals surface area contributed by atoms with E-state index in [4.69, 9.17) is 0 Å². The number of hydrogen-bond acceptors (Lipinski definition) is 2. The lowest BCUT2D eigenvalue weighted by Gasteiger charge is -2.35. The highest BCUT2D eigenvalue weighted by molar-refractivity contribution is 4.84. The van der Waals surface area contributed by atoms with Crippen molar-refractivity contribution in [3.8, 4) is 0 Å². The Balaban J connectivity index is 1.85. The smallest absolute Gasteiger partial charge is 0.0195 e. The lowest BCUT2D eigenvalue weighted by molar-refractivity contribution is 0.141. The Labute approximate surface area is 114 Å². The van der Waals surface area contributed by atoms with Gasteiger partial charge in [-0.05, 0) is 58.0 Å². The number of nitrogens with zero attached hydrogens (tertiary/aromatic N) is 1. The molecule has 0 aromatic rings. The summed E-state index contributed by atoms with van der Waals surface area (Å²) in [6, 6.07) is 1.58. The Kier molecular flexibility index (Phi) is 5.97. The third kappa shape index (κ3) is 3.96. The predicted octanol–water partition coefficient (Wildman–Crippen LogP) is 3.42. The third-order valence-corrected chi connectivity index (χ3v) is 5.07. The third-order valence-electron chi connectivity index (χ3n) is 5.07. The van der Waals surface area contributed by atoms with Crippen LogP contribution in [0.25, 0.3) is 0 Å². The summed E-state index contributed by atoms with van der Waals surface area (Å²) in [7, 11) is 0. The van der Waals surface area contributed by atoms with Crippen molar-refractivity contribution in [2.75, 3.05) is 19.6 Å². The van der Waals surface area contributed by atoms with E-state index in [2.05, 4.69) is 24.1 Å². The fourth-order valence-corrected chi connectivity index (χ4v) is 3.76. The van der Waals surface area contributed by atoms with Gasteiger partial charge in [-0.25, -0.2) is 0 Å². The number of nitrogens with one attached hydrogen (secondary N) is 1. The minimum Gasteiger partial charge on any atom is -0.313 e. The lowest BCUT2D eigenvalue weighted by atomic mass is 9.97.